The number of hydrogen-bond acceptors (Lipinski definition) is 3. The van der Waals surface area contributed by atoms with Crippen molar-refractivity contribution in [3.8, 4) is 11.3 Å². The predicted octanol–water partition coefficient (Wildman–Crippen LogP) is 4.38. The highest BCUT2D eigenvalue weighted by atomic mass is 79.9. The third-order valence-corrected chi connectivity index (χ3v) is 5.07. The first kappa shape index (κ1) is 18.9. The summed E-state index contributed by atoms with van der Waals surface area (Å²) in [4.78, 5) is 32.5. The number of carbonyl (C=O) groups excluding carboxylic acids is 2. The van der Waals surface area contributed by atoms with Gasteiger partial charge in [0.05, 0.1) is 22.5 Å². The Morgan fingerprint density at radius 3 is 2.45 bits per heavy atom. The Balaban J connectivity index is 1.48. The molecule has 144 valence electrons. The van der Waals surface area contributed by atoms with Crippen LogP contribution >= 0.6 is 15.9 Å². The molecule has 0 aliphatic heterocycles. The van der Waals surface area contributed by atoms with Gasteiger partial charge in [-0.25, -0.2) is 0 Å². The van der Waals surface area contributed by atoms with Crippen LogP contribution in [0.5, 0.6) is 0 Å². The van der Waals surface area contributed by atoms with Crippen LogP contribution in [-0.2, 0) is 0 Å². The van der Waals surface area contributed by atoms with Gasteiger partial charge in [-0.3, -0.25) is 25.4 Å². The van der Waals surface area contributed by atoms with Crippen LogP contribution in [0.2, 0.25) is 0 Å². The summed E-state index contributed by atoms with van der Waals surface area (Å²) in [6.07, 6.45) is 1.62. The maximum absolute atomic E-state index is 12.5. The van der Waals surface area contributed by atoms with E-state index in [-0.39, 0.29) is 0 Å². The van der Waals surface area contributed by atoms with E-state index in [1.54, 1.807) is 25.3 Å². The first-order chi connectivity index (χ1) is 14.0. The van der Waals surface area contributed by atoms with Crippen molar-refractivity contribution in [2.75, 3.05) is 0 Å². The van der Waals surface area contributed by atoms with Gasteiger partial charge in [-0.15, -0.1) is 0 Å². The minimum absolute atomic E-state index is 0.392. The van der Waals surface area contributed by atoms with Gasteiger partial charge in [0, 0.05) is 27.1 Å². The average molecular weight is 449 g/mol. The number of rotatable bonds is 3. The maximum atomic E-state index is 12.5. The van der Waals surface area contributed by atoms with E-state index in [0.29, 0.717) is 16.8 Å². The van der Waals surface area contributed by atoms with Gasteiger partial charge in [-0.05, 0) is 37.3 Å². The standard InChI is InChI=1S/C22H17BrN4O2/c1-13-16(9-10-19(25-13)14-5-4-6-15(23)11-14)21(28)26-27-22(29)18-12-24-20-8-3-2-7-17(18)20/h2-12,24H,1H3,(H,26,28)(H,27,29). The lowest BCUT2D eigenvalue weighted by Gasteiger charge is -2.10. The fourth-order valence-corrected chi connectivity index (χ4v) is 3.52. The van der Waals surface area contributed by atoms with Crippen LogP contribution in [0.1, 0.15) is 26.4 Å². The minimum Gasteiger partial charge on any atom is -0.360 e. The molecule has 29 heavy (non-hydrogen) atoms. The molecule has 6 nitrogen and oxygen atoms in total. The molecule has 0 saturated heterocycles. The van der Waals surface area contributed by atoms with Crippen LogP contribution in [-0.4, -0.2) is 21.8 Å². The fourth-order valence-electron chi connectivity index (χ4n) is 3.12. The number of nitrogens with zero attached hydrogens (tertiary/aromatic N) is 1. The molecule has 2 aromatic carbocycles. The summed E-state index contributed by atoms with van der Waals surface area (Å²) >= 11 is 3.45. The lowest BCUT2D eigenvalue weighted by atomic mass is 10.1. The van der Waals surface area contributed by atoms with E-state index in [4.69, 9.17) is 0 Å². The van der Waals surface area contributed by atoms with Crippen LogP contribution in [0, 0.1) is 6.92 Å². The topological polar surface area (TPSA) is 86.9 Å². The Labute approximate surface area is 175 Å². The van der Waals surface area contributed by atoms with E-state index < -0.39 is 11.8 Å². The first-order valence-corrected chi connectivity index (χ1v) is 9.72. The average Bonchev–Trinajstić information content (AvgIpc) is 3.16. The summed E-state index contributed by atoms with van der Waals surface area (Å²) in [7, 11) is 0. The zero-order valence-electron chi connectivity index (χ0n) is 15.5. The second kappa shape index (κ2) is 7.89. The second-order valence-electron chi connectivity index (χ2n) is 6.50. The molecule has 7 heteroatoms. The smallest absolute Gasteiger partial charge is 0.271 e. The molecule has 0 spiro atoms. The number of para-hydroxylation sites is 1. The number of carbonyl (C=O) groups is 2. The first-order valence-electron chi connectivity index (χ1n) is 8.93. The van der Waals surface area contributed by atoms with Gasteiger partial charge in [0.2, 0.25) is 0 Å². The molecular formula is C22H17BrN4O2. The molecule has 2 amide bonds. The van der Waals surface area contributed by atoms with Crippen LogP contribution < -0.4 is 10.9 Å². The highest BCUT2D eigenvalue weighted by Crippen LogP contribution is 2.22. The molecule has 2 heterocycles. The molecule has 3 N–H and O–H groups in total. The van der Waals surface area contributed by atoms with Crippen molar-refractivity contribution in [2.24, 2.45) is 0 Å². The van der Waals surface area contributed by atoms with Crippen molar-refractivity contribution in [3.63, 3.8) is 0 Å². The van der Waals surface area contributed by atoms with Gasteiger partial charge in [0.1, 0.15) is 0 Å². The number of amides is 2. The molecule has 0 bridgehead atoms. The zero-order chi connectivity index (χ0) is 20.4. The van der Waals surface area contributed by atoms with Crippen molar-refractivity contribution in [2.45, 2.75) is 6.92 Å². The molecular weight excluding hydrogens is 432 g/mol. The summed E-state index contributed by atoms with van der Waals surface area (Å²) < 4.78 is 0.955. The third-order valence-electron chi connectivity index (χ3n) is 4.57. The number of hydrazine groups is 1. The number of H-pyrrole nitrogens is 1. The van der Waals surface area contributed by atoms with Gasteiger partial charge >= 0.3 is 0 Å². The molecule has 2 aromatic heterocycles. The second-order valence-corrected chi connectivity index (χ2v) is 7.41. The SMILES string of the molecule is Cc1nc(-c2cccc(Br)c2)ccc1C(=O)NNC(=O)c1c[nH]c2ccccc12. The monoisotopic (exact) mass is 448 g/mol. The number of aryl methyl sites for hydroxylation is 1. The van der Waals surface area contributed by atoms with Crippen molar-refractivity contribution in [1.29, 1.82) is 0 Å². The Hall–Kier alpha value is -3.45. The highest BCUT2D eigenvalue weighted by Gasteiger charge is 2.15. The third kappa shape index (κ3) is 3.90. The van der Waals surface area contributed by atoms with Crippen molar-refractivity contribution < 1.29 is 9.59 Å². The molecule has 0 fully saturated rings. The molecule has 0 saturated carbocycles. The Morgan fingerprint density at radius 2 is 1.69 bits per heavy atom. The van der Waals surface area contributed by atoms with Crippen LogP contribution in [0.15, 0.2) is 71.3 Å². The summed E-state index contributed by atoms with van der Waals surface area (Å²) in [6.45, 7) is 1.76. The minimum atomic E-state index is -0.427. The van der Waals surface area contributed by atoms with Crippen LogP contribution in [0.4, 0.5) is 0 Å². The normalized spacial score (nSPS) is 10.7. The largest absolute Gasteiger partial charge is 0.360 e. The highest BCUT2D eigenvalue weighted by molar-refractivity contribution is 9.10. The number of aromatic amines is 1. The molecule has 0 atom stereocenters. The van der Waals surface area contributed by atoms with Crippen molar-refractivity contribution in [1.82, 2.24) is 20.8 Å². The number of fused-ring (bicyclic) bond motifs is 1. The van der Waals surface area contributed by atoms with Gasteiger partial charge in [-0.2, -0.15) is 0 Å². The van der Waals surface area contributed by atoms with E-state index in [9.17, 15) is 9.59 Å². The number of halogens is 1. The summed E-state index contributed by atoms with van der Waals surface area (Å²) in [5, 5.41) is 0.787. The van der Waals surface area contributed by atoms with Gasteiger partial charge in [0.25, 0.3) is 11.8 Å². The predicted molar refractivity (Wildman–Crippen MR) is 115 cm³/mol. The fraction of sp³-hybridized carbons (Fsp3) is 0.0455. The van der Waals surface area contributed by atoms with E-state index in [1.807, 2.05) is 48.5 Å². The number of benzene rings is 2. The molecule has 4 rings (SSSR count). The van der Waals surface area contributed by atoms with Crippen molar-refractivity contribution >= 4 is 38.6 Å². The summed E-state index contributed by atoms with van der Waals surface area (Å²) in [5.41, 5.74) is 8.91. The van der Waals surface area contributed by atoms with E-state index in [1.165, 1.54) is 0 Å². The Morgan fingerprint density at radius 1 is 0.931 bits per heavy atom. The number of nitrogens with one attached hydrogen (secondary N) is 3. The molecule has 0 radical (unpaired) electrons. The lowest BCUT2D eigenvalue weighted by molar-refractivity contribution is 0.0847. The van der Waals surface area contributed by atoms with Gasteiger partial charge in [0.15, 0.2) is 0 Å². The maximum Gasteiger partial charge on any atom is 0.271 e. The van der Waals surface area contributed by atoms with E-state index in [0.717, 1.165) is 26.6 Å². The zero-order valence-corrected chi connectivity index (χ0v) is 17.1. The quantitative estimate of drug-likeness (QED) is 0.406. The van der Waals surface area contributed by atoms with Crippen LogP contribution in [0.25, 0.3) is 22.2 Å². The van der Waals surface area contributed by atoms with E-state index >= 15 is 0 Å². The van der Waals surface area contributed by atoms with Gasteiger partial charge < -0.3 is 4.98 Å². The van der Waals surface area contributed by atoms with Crippen LogP contribution in [0.3, 0.4) is 0 Å². The number of aromatic nitrogens is 2. The van der Waals surface area contributed by atoms with E-state index in [2.05, 4.69) is 36.7 Å². The number of hydrogen-bond donors (Lipinski definition) is 3. The summed E-state index contributed by atoms with van der Waals surface area (Å²) in [5.74, 6) is -0.823. The molecule has 4 aromatic rings. The van der Waals surface area contributed by atoms with Gasteiger partial charge in [-0.1, -0.05) is 46.3 Å². The molecule has 0 unspecified atom stereocenters. The molecule has 0 aliphatic rings. The Kier molecular flexibility index (Phi) is 5.14. The lowest BCUT2D eigenvalue weighted by Crippen LogP contribution is -2.41. The molecule has 0 aliphatic carbocycles. The summed E-state index contributed by atoms with van der Waals surface area (Å²) in [6, 6.07) is 18.7. The number of pyridine rings is 1. The van der Waals surface area contributed by atoms with Crippen molar-refractivity contribution in [3.05, 3.63) is 88.2 Å². The Bertz CT molecular complexity index is 1230.